The summed E-state index contributed by atoms with van der Waals surface area (Å²) in [4.78, 5) is 24.9. The maximum Gasteiger partial charge on any atom is 0.305 e. The molecule has 0 bridgehead atoms. The number of carbonyl (C=O) groups excluding carboxylic acids is 2. The molecule has 33 heavy (non-hydrogen) atoms. The van der Waals surface area contributed by atoms with Crippen molar-refractivity contribution in [2.75, 3.05) is 27.1 Å². The third-order valence-corrected chi connectivity index (χ3v) is 5.11. The van der Waals surface area contributed by atoms with Crippen LogP contribution in [0.4, 0.5) is 0 Å². The number of hydrogen-bond donors (Lipinski definition) is 0. The van der Waals surface area contributed by atoms with E-state index < -0.39 is 0 Å². The van der Waals surface area contributed by atoms with Crippen LogP contribution in [-0.2, 0) is 19.0 Å². The Balaban J connectivity index is 1.73. The van der Waals surface area contributed by atoms with Crippen molar-refractivity contribution >= 4 is 11.9 Å². The van der Waals surface area contributed by atoms with E-state index in [1.54, 1.807) is 35.0 Å². The first-order valence-corrected chi connectivity index (χ1v) is 10.9. The van der Waals surface area contributed by atoms with Crippen LogP contribution in [-0.4, -0.2) is 43.6 Å². The predicted molar refractivity (Wildman–Crippen MR) is 124 cm³/mol. The van der Waals surface area contributed by atoms with E-state index in [-0.39, 0.29) is 31.0 Å². The maximum atomic E-state index is 13.2. The van der Waals surface area contributed by atoms with Gasteiger partial charge in [-0.05, 0) is 61.9 Å². The zero-order valence-electron chi connectivity index (χ0n) is 18.9. The van der Waals surface area contributed by atoms with Crippen molar-refractivity contribution in [1.29, 1.82) is 0 Å². The molecule has 7 nitrogen and oxygen atoms in total. The molecule has 0 fully saturated rings. The molecule has 1 atom stereocenters. The standard InChI is InChI=1S/C26H29NO6/c1-3-31-19-32-18-21(13-16-25(28)30-2)24-10-7-17-27(24)26(29)20-11-14-23(15-12-20)33-22-8-5-4-6-9-22/h4-12,14-15,17,21H,3,13,16,18-19H2,1-2H3. The SMILES string of the molecule is CCOCOCC(CCC(=O)OC)c1cccn1C(=O)c1ccc(Oc2ccccc2)cc1. The monoisotopic (exact) mass is 451 g/mol. The van der Waals surface area contributed by atoms with Gasteiger partial charge >= 0.3 is 5.97 Å². The summed E-state index contributed by atoms with van der Waals surface area (Å²) in [7, 11) is 1.36. The lowest BCUT2D eigenvalue weighted by molar-refractivity contribution is -0.140. The van der Waals surface area contributed by atoms with E-state index >= 15 is 0 Å². The fraction of sp³-hybridized carbons (Fsp3) is 0.308. The summed E-state index contributed by atoms with van der Waals surface area (Å²) in [5.74, 6) is 0.720. The van der Waals surface area contributed by atoms with Gasteiger partial charge in [0.05, 0.1) is 13.7 Å². The Kier molecular flexibility index (Phi) is 9.23. The molecule has 174 valence electrons. The molecule has 0 aliphatic rings. The van der Waals surface area contributed by atoms with E-state index in [4.69, 9.17) is 18.9 Å². The van der Waals surface area contributed by atoms with Crippen molar-refractivity contribution in [3.05, 3.63) is 84.2 Å². The third kappa shape index (κ3) is 7.03. The molecule has 1 heterocycles. The highest BCUT2D eigenvalue weighted by atomic mass is 16.7. The highest BCUT2D eigenvalue weighted by molar-refractivity contribution is 5.96. The number of esters is 1. The first-order valence-electron chi connectivity index (χ1n) is 10.9. The van der Waals surface area contributed by atoms with Crippen molar-refractivity contribution in [2.45, 2.75) is 25.7 Å². The quantitative estimate of drug-likeness (QED) is 0.219. The van der Waals surface area contributed by atoms with E-state index in [0.29, 0.717) is 30.9 Å². The van der Waals surface area contributed by atoms with E-state index in [1.807, 2.05) is 49.4 Å². The Bertz CT molecular complexity index is 1010. The Hall–Kier alpha value is -3.42. The summed E-state index contributed by atoms with van der Waals surface area (Å²) >= 11 is 0. The highest BCUT2D eigenvalue weighted by Crippen LogP contribution is 2.25. The minimum Gasteiger partial charge on any atom is -0.469 e. The molecule has 0 saturated carbocycles. The van der Waals surface area contributed by atoms with Crippen molar-refractivity contribution in [2.24, 2.45) is 0 Å². The van der Waals surface area contributed by atoms with Crippen LogP contribution in [0.2, 0.25) is 0 Å². The lowest BCUT2D eigenvalue weighted by atomic mass is 10.00. The first kappa shape index (κ1) is 24.2. The van der Waals surface area contributed by atoms with Crippen molar-refractivity contribution in [1.82, 2.24) is 4.57 Å². The fourth-order valence-corrected chi connectivity index (χ4v) is 3.38. The van der Waals surface area contributed by atoms with Gasteiger partial charge in [0.25, 0.3) is 5.91 Å². The third-order valence-electron chi connectivity index (χ3n) is 5.11. The molecule has 0 spiro atoms. The number of nitrogens with zero attached hydrogens (tertiary/aromatic N) is 1. The summed E-state index contributed by atoms with van der Waals surface area (Å²) < 4.78 is 23.0. The molecule has 3 aromatic rings. The number of ether oxygens (including phenoxy) is 4. The number of hydrogen-bond acceptors (Lipinski definition) is 6. The van der Waals surface area contributed by atoms with Crippen LogP contribution in [0.3, 0.4) is 0 Å². The summed E-state index contributed by atoms with van der Waals surface area (Å²) in [5, 5.41) is 0. The number of para-hydroxylation sites is 1. The Morgan fingerprint density at radius 2 is 1.64 bits per heavy atom. The molecule has 0 amide bonds. The molecule has 7 heteroatoms. The Morgan fingerprint density at radius 1 is 0.909 bits per heavy atom. The predicted octanol–water partition coefficient (Wildman–Crippen LogP) is 5.02. The normalized spacial score (nSPS) is 11.7. The van der Waals surface area contributed by atoms with Gasteiger partial charge in [-0.15, -0.1) is 0 Å². The summed E-state index contributed by atoms with van der Waals surface area (Å²) in [6, 6.07) is 20.1. The summed E-state index contributed by atoms with van der Waals surface area (Å²) in [6.07, 6.45) is 2.43. The van der Waals surface area contributed by atoms with E-state index in [9.17, 15) is 9.59 Å². The average Bonchev–Trinajstić information content (AvgIpc) is 3.34. The van der Waals surface area contributed by atoms with Crippen LogP contribution in [0.25, 0.3) is 0 Å². The van der Waals surface area contributed by atoms with Gasteiger partial charge in [-0.1, -0.05) is 18.2 Å². The number of methoxy groups -OCH3 is 1. The molecule has 0 saturated heterocycles. The van der Waals surface area contributed by atoms with Crippen molar-refractivity contribution in [3.8, 4) is 11.5 Å². The lowest BCUT2D eigenvalue weighted by Gasteiger charge is -2.19. The molecular formula is C26H29NO6. The molecule has 2 aromatic carbocycles. The second-order valence-corrected chi connectivity index (χ2v) is 7.34. The number of rotatable bonds is 12. The van der Waals surface area contributed by atoms with Gasteiger partial charge in [0, 0.05) is 36.4 Å². The van der Waals surface area contributed by atoms with Gasteiger partial charge in [0.2, 0.25) is 0 Å². The minimum atomic E-state index is -0.303. The Labute approximate surface area is 193 Å². The van der Waals surface area contributed by atoms with Crippen LogP contribution in [0, 0.1) is 0 Å². The fourth-order valence-electron chi connectivity index (χ4n) is 3.38. The molecule has 1 unspecified atom stereocenters. The second-order valence-electron chi connectivity index (χ2n) is 7.34. The highest BCUT2D eigenvalue weighted by Gasteiger charge is 2.21. The number of benzene rings is 2. The molecule has 0 N–H and O–H groups in total. The summed E-state index contributed by atoms with van der Waals surface area (Å²) in [5.41, 5.74) is 1.29. The van der Waals surface area contributed by atoms with E-state index in [1.165, 1.54) is 7.11 Å². The van der Waals surface area contributed by atoms with Crippen LogP contribution in [0.15, 0.2) is 72.9 Å². The number of carbonyl (C=O) groups is 2. The average molecular weight is 452 g/mol. The smallest absolute Gasteiger partial charge is 0.305 e. The van der Waals surface area contributed by atoms with Gasteiger partial charge in [-0.2, -0.15) is 0 Å². The van der Waals surface area contributed by atoms with Crippen LogP contribution < -0.4 is 4.74 Å². The second kappa shape index (κ2) is 12.6. The zero-order valence-corrected chi connectivity index (χ0v) is 18.9. The van der Waals surface area contributed by atoms with Crippen molar-refractivity contribution in [3.63, 3.8) is 0 Å². The Morgan fingerprint density at radius 3 is 2.33 bits per heavy atom. The topological polar surface area (TPSA) is 76.0 Å². The molecule has 1 aromatic heterocycles. The largest absolute Gasteiger partial charge is 0.469 e. The first-order chi connectivity index (χ1) is 16.1. The van der Waals surface area contributed by atoms with Crippen LogP contribution >= 0.6 is 0 Å². The number of aromatic nitrogens is 1. The lowest BCUT2D eigenvalue weighted by Crippen LogP contribution is -2.20. The van der Waals surface area contributed by atoms with Gasteiger partial charge < -0.3 is 18.9 Å². The zero-order chi connectivity index (χ0) is 23.5. The molecular weight excluding hydrogens is 422 g/mol. The molecule has 3 rings (SSSR count). The van der Waals surface area contributed by atoms with E-state index in [0.717, 1.165) is 11.4 Å². The van der Waals surface area contributed by atoms with E-state index in [2.05, 4.69) is 0 Å². The molecule has 0 aliphatic heterocycles. The van der Waals surface area contributed by atoms with Gasteiger partial charge in [0.1, 0.15) is 18.3 Å². The van der Waals surface area contributed by atoms with Crippen LogP contribution in [0.5, 0.6) is 11.5 Å². The van der Waals surface area contributed by atoms with Crippen molar-refractivity contribution < 1.29 is 28.5 Å². The minimum absolute atomic E-state index is 0.156. The maximum absolute atomic E-state index is 13.2. The van der Waals surface area contributed by atoms with Gasteiger partial charge in [0.15, 0.2) is 0 Å². The van der Waals surface area contributed by atoms with Crippen LogP contribution in [0.1, 0.15) is 41.7 Å². The van der Waals surface area contributed by atoms with Gasteiger partial charge in [-0.3, -0.25) is 14.2 Å². The summed E-state index contributed by atoms with van der Waals surface area (Å²) in [6.45, 7) is 2.91. The molecule has 0 aliphatic carbocycles. The van der Waals surface area contributed by atoms with Gasteiger partial charge in [-0.25, -0.2) is 0 Å². The molecule has 0 radical (unpaired) electrons.